The zero-order chi connectivity index (χ0) is 33.1. The number of carbonyl (C=O) groups is 1. The van der Waals surface area contributed by atoms with E-state index in [1.807, 2.05) is 0 Å². The smallest absolute Gasteiger partial charge is 0.306 e. The van der Waals surface area contributed by atoms with Crippen LogP contribution >= 0.6 is 0 Å². The van der Waals surface area contributed by atoms with Gasteiger partial charge in [-0.3, -0.25) is 4.79 Å². The first-order chi connectivity index (χ1) is 21.7. The number of rotatable bonds is 10. The minimum atomic E-state index is 0.0197. The molecule has 0 bridgehead atoms. The Bertz CT molecular complexity index is 1120. The van der Waals surface area contributed by atoms with Crippen molar-refractivity contribution in [1.82, 2.24) is 4.90 Å². The van der Waals surface area contributed by atoms with Gasteiger partial charge in [0.25, 0.3) is 0 Å². The van der Waals surface area contributed by atoms with Crippen LogP contribution in [0.15, 0.2) is 12.2 Å². The van der Waals surface area contributed by atoms with Crippen LogP contribution in [-0.4, -0.2) is 36.6 Å². The molecule has 0 radical (unpaired) electrons. The van der Waals surface area contributed by atoms with Crippen LogP contribution in [-0.2, 0) is 9.53 Å². The van der Waals surface area contributed by atoms with E-state index >= 15 is 0 Å². The molecule has 0 N–H and O–H groups in total. The molecule has 3 nitrogen and oxygen atoms in total. The van der Waals surface area contributed by atoms with Crippen LogP contribution in [0.4, 0.5) is 0 Å². The van der Waals surface area contributed by atoms with E-state index in [4.69, 9.17) is 4.74 Å². The largest absolute Gasteiger partial charge is 0.462 e. The van der Waals surface area contributed by atoms with Crippen molar-refractivity contribution in [3.8, 4) is 0 Å². The van der Waals surface area contributed by atoms with Crippen LogP contribution in [0.25, 0.3) is 0 Å². The summed E-state index contributed by atoms with van der Waals surface area (Å²) in [5.74, 6) is 4.20. The summed E-state index contributed by atoms with van der Waals surface area (Å²) in [6, 6.07) is 0. The number of hydrogen-bond acceptors (Lipinski definition) is 3. The molecule has 1 saturated heterocycles. The molecular weight excluding hydrogens is 562 g/mol. The predicted octanol–water partition coefficient (Wildman–Crippen LogP) is 11.3. The second-order valence-corrected chi connectivity index (χ2v) is 19.8. The molecule has 1 aliphatic heterocycles. The molecule has 0 unspecified atom stereocenters. The Hall–Kier alpha value is -0.830. The van der Waals surface area contributed by atoms with E-state index in [1.165, 1.54) is 122 Å². The van der Waals surface area contributed by atoms with Gasteiger partial charge >= 0.3 is 5.97 Å². The molecule has 6 aliphatic rings. The number of ether oxygens (including phenoxy) is 1. The summed E-state index contributed by atoms with van der Waals surface area (Å²) in [7, 11) is 0. The van der Waals surface area contributed by atoms with E-state index in [0.29, 0.717) is 39.9 Å². The summed E-state index contributed by atoms with van der Waals surface area (Å²) in [4.78, 5) is 15.6. The standard InChI is InChI=1S/C43H73NO2/c1-30(2)29-37(45)46-36-19-21-40(7)34(39(36,5)6)18-22-42(9)35(40)16-15-33-38-32(31(3)4)17-23-43(38,25-24-41(33,42)8)20-11-10-12-26-44-27-13-14-28-44/h30,32-36,38H,3,10-29H2,1-2,4-9H3/t32-,33+,34-,35+,36-,38+,40-,41+,42+,43+/m0/s1. The number of hydrogen-bond donors (Lipinski definition) is 0. The molecule has 6 rings (SSSR count). The Morgan fingerprint density at radius 2 is 1.57 bits per heavy atom. The van der Waals surface area contributed by atoms with E-state index in [0.717, 1.165) is 30.1 Å². The van der Waals surface area contributed by atoms with Gasteiger partial charge in [-0.25, -0.2) is 0 Å². The predicted molar refractivity (Wildman–Crippen MR) is 192 cm³/mol. The van der Waals surface area contributed by atoms with Crippen molar-refractivity contribution in [2.75, 3.05) is 19.6 Å². The van der Waals surface area contributed by atoms with Crippen molar-refractivity contribution >= 4 is 5.97 Å². The van der Waals surface area contributed by atoms with Gasteiger partial charge in [0.15, 0.2) is 0 Å². The number of allylic oxidation sites excluding steroid dienone is 1. The average Bonchev–Trinajstić information content (AvgIpc) is 3.63. The van der Waals surface area contributed by atoms with Crippen molar-refractivity contribution in [2.24, 2.45) is 62.6 Å². The first kappa shape index (κ1) is 35.0. The molecule has 0 amide bonds. The third-order valence-electron chi connectivity index (χ3n) is 16.9. The van der Waals surface area contributed by atoms with Crippen LogP contribution < -0.4 is 0 Å². The zero-order valence-corrected chi connectivity index (χ0v) is 31.7. The molecule has 0 aromatic rings. The van der Waals surface area contributed by atoms with Crippen LogP contribution in [0, 0.1) is 62.6 Å². The highest BCUT2D eigenvalue weighted by molar-refractivity contribution is 5.69. The molecular formula is C43H73NO2. The van der Waals surface area contributed by atoms with Gasteiger partial charge in [0, 0.05) is 11.8 Å². The maximum absolute atomic E-state index is 12.8. The summed E-state index contributed by atoms with van der Waals surface area (Å²) >= 11 is 0. The van der Waals surface area contributed by atoms with Gasteiger partial charge in [0.2, 0.25) is 0 Å². The molecule has 10 atom stereocenters. The van der Waals surface area contributed by atoms with Gasteiger partial charge in [-0.05, 0) is 174 Å². The summed E-state index contributed by atoms with van der Waals surface area (Å²) in [5, 5.41) is 0. The van der Waals surface area contributed by atoms with Gasteiger partial charge in [0.05, 0.1) is 0 Å². The fraction of sp³-hybridized carbons (Fsp3) is 0.930. The number of nitrogens with zero attached hydrogens (tertiary/aromatic N) is 1. The van der Waals surface area contributed by atoms with E-state index < -0.39 is 0 Å². The minimum absolute atomic E-state index is 0.0197. The van der Waals surface area contributed by atoms with Crippen LogP contribution in [0.3, 0.4) is 0 Å². The molecule has 1 heterocycles. The Labute approximate surface area is 284 Å². The summed E-state index contributed by atoms with van der Waals surface area (Å²) in [6.07, 6.45) is 22.7. The lowest BCUT2D eigenvalue weighted by Crippen LogP contribution is -2.66. The van der Waals surface area contributed by atoms with Crippen molar-refractivity contribution < 1.29 is 9.53 Å². The fourth-order valence-corrected chi connectivity index (χ4v) is 14.4. The van der Waals surface area contributed by atoms with Gasteiger partial charge in [-0.2, -0.15) is 0 Å². The van der Waals surface area contributed by atoms with Crippen LogP contribution in [0.5, 0.6) is 0 Å². The quantitative estimate of drug-likeness (QED) is 0.136. The molecule has 0 spiro atoms. The molecule has 0 aromatic carbocycles. The highest BCUT2D eigenvalue weighted by Crippen LogP contribution is 2.78. The molecule has 5 aliphatic carbocycles. The van der Waals surface area contributed by atoms with Crippen molar-refractivity contribution in [3.05, 3.63) is 12.2 Å². The SMILES string of the molecule is C=C(C)[C@@H]1CC[C@]2(CCCCCN3CCCC3)CC[C@]3(C)[C@H](CC[C@@H]4[C@@]5(C)CC[C@H](OC(=O)CC(C)C)C(C)(C)[C@@H]5CC[C@]43C)[C@@H]12. The topological polar surface area (TPSA) is 29.5 Å². The molecule has 262 valence electrons. The van der Waals surface area contributed by atoms with Gasteiger partial charge in [-0.1, -0.05) is 73.5 Å². The van der Waals surface area contributed by atoms with Crippen molar-refractivity contribution in [2.45, 2.75) is 171 Å². The van der Waals surface area contributed by atoms with E-state index in [-0.39, 0.29) is 17.5 Å². The maximum atomic E-state index is 12.8. The Morgan fingerprint density at radius 3 is 2.26 bits per heavy atom. The normalized spacial score (nSPS) is 45.1. The highest BCUT2D eigenvalue weighted by atomic mass is 16.5. The molecule has 0 aromatic heterocycles. The Kier molecular flexibility index (Phi) is 9.75. The van der Waals surface area contributed by atoms with Crippen molar-refractivity contribution in [1.29, 1.82) is 0 Å². The van der Waals surface area contributed by atoms with E-state index in [2.05, 4.69) is 66.9 Å². The molecule has 5 saturated carbocycles. The number of likely N-dealkylation sites (tertiary alicyclic amines) is 1. The lowest BCUT2D eigenvalue weighted by Gasteiger charge is -2.73. The third kappa shape index (κ3) is 5.69. The van der Waals surface area contributed by atoms with Gasteiger partial charge in [0.1, 0.15) is 6.10 Å². The van der Waals surface area contributed by atoms with Crippen LogP contribution in [0.1, 0.15) is 165 Å². The lowest BCUT2D eigenvalue weighted by molar-refractivity contribution is -0.250. The minimum Gasteiger partial charge on any atom is -0.462 e. The van der Waals surface area contributed by atoms with E-state index in [1.54, 1.807) is 0 Å². The molecule has 46 heavy (non-hydrogen) atoms. The lowest BCUT2D eigenvalue weighted by atomic mass is 9.32. The summed E-state index contributed by atoms with van der Waals surface area (Å²) < 4.78 is 6.29. The second kappa shape index (κ2) is 12.8. The van der Waals surface area contributed by atoms with Gasteiger partial charge in [-0.15, -0.1) is 0 Å². The zero-order valence-electron chi connectivity index (χ0n) is 31.7. The highest BCUT2D eigenvalue weighted by Gasteiger charge is 2.70. The van der Waals surface area contributed by atoms with E-state index in [9.17, 15) is 4.79 Å². The first-order valence-electron chi connectivity index (χ1n) is 20.3. The fourth-order valence-electron chi connectivity index (χ4n) is 14.4. The number of unbranched alkanes of at least 4 members (excludes halogenated alkanes) is 2. The Balaban J connectivity index is 1.20. The second-order valence-electron chi connectivity index (χ2n) is 19.8. The number of esters is 1. The van der Waals surface area contributed by atoms with Gasteiger partial charge < -0.3 is 9.64 Å². The molecule has 6 fully saturated rings. The molecule has 3 heteroatoms. The third-order valence-corrected chi connectivity index (χ3v) is 16.9. The first-order valence-corrected chi connectivity index (χ1v) is 20.3. The summed E-state index contributed by atoms with van der Waals surface area (Å²) in [6.45, 7) is 28.5. The number of carbonyl (C=O) groups excluding carboxylic acids is 1. The maximum Gasteiger partial charge on any atom is 0.306 e. The monoisotopic (exact) mass is 636 g/mol. The Morgan fingerprint density at radius 1 is 0.826 bits per heavy atom. The van der Waals surface area contributed by atoms with Crippen molar-refractivity contribution in [3.63, 3.8) is 0 Å². The number of fused-ring (bicyclic) bond motifs is 7. The van der Waals surface area contributed by atoms with Crippen LogP contribution in [0.2, 0.25) is 0 Å². The average molecular weight is 636 g/mol. The summed E-state index contributed by atoms with van der Waals surface area (Å²) in [5.41, 5.74) is 3.22.